The third kappa shape index (κ3) is 1.98. The first-order valence-corrected chi connectivity index (χ1v) is 7.57. The van der Waals surface area contributed by atoms with Gasteiger partial charge in [0.25, 0.3) is 0 Å². The Bertz CT molecular complexity index is 878. The maximum atomic E-state index is 5.77. The highest BCUT2D eigenvalue weighted by atomic mass is 32.1. The fourth-order valence-corrected chi connectivity index (χ4v) is 3.47. The Kier molecular flexibility index (Phi) is 2.86. The van der Waals surface area contributed by atoms with Gasteiger partial charge in [0.05, 0.1) is 23.7 Å². The Morgan fingerprint density at radius 3 is 3.00 bits per heavy atom. The summed E-state index contributed by atoms with van der Waals surface area (Å²) < 4.78 is 8.78. The SMILES string of the molecule is Cc1ccc2[nH]c(=S)n(C3CCOc4ccccc43)c2c1. The van der Waals surface area contributed by atoms with Crippen LogP contribution in [-0.4, -0.2) is 16.2 Å². The quantitative estimate of drug-likeness (QED) is 0.675. The third-order valence-corrected chi connectivity index (χ3v) is 4.41. The summed E-state index contributed by atoms with van der Waals surface area (Å²) in [6.07, 6.45) is 0.937. The zero-order valence-corrected chi connectivity index (χ0v) is 12.6. The maximum absolute atomic E-state index is 5.77. The molecule has 0 spiro atoms. The van der Waals surface area contributed by atoms with Crippen molar-refractivity contribution in [3.05, 3.63) is 58.4 Å². The van der Waals surface area contributed by atoms with Crippen LogP contribution in [0.25, 0.3) is 11.0 Å². The summed E-state index contributed by atoms with van der Waals surface area (Å²) in [7, 11) is 0. The second-order valence-electron chi connectivity index (χ2n) is 5.51. The number of benzene rings is 2. The minimum absolute atomic E-state index is 0.234. The average molecular weight is 296 g/mol. The molecule has 0 saturated heterocycles. The fraction of sp³-hybridized carbons (Fsp3) is 0.235. The molecule has 0 saturated carbocycles. The van der Waals surface area contributed by atoms with Gasteiger partial charge in [-0.05, 0) is 42.9 Å². The molecule has 3 aromatic rings. The number of ether oxygens (including phenoxy) is 1. The van der Waals surface area contributed by atoms with Crippen molar-refractivity contribution < 1.29 is 4.74 Å². The van der Waals surface area contributed by atoms with E-state index in [1.54, 1.807) is 0 Å². The second-order valence-corrected chi connectivity index (χ2v) is 5.90. The monoisotopic (exact) mass is 296 g/mol. The first-order valence-electron chi connectivity index (χ1n) is 7.16. The van der Waals surface area contributed by atoms with Gasteiger partial charge in [0, 0.05) is 12.0 Å². The number of rotatable bonds is 1. The van der Waals surface area contributed by atoms with Crippen LogP contribution in [0.5, 0.6) is 5.75 Å². The zero-order valence-electron chi connectivity index (χ0n) is 11.8. The molecule has 0 amide bonds. The molecule has 1 aliphatic rings. The van der Waals surface area contributed by atoms with Gasteiger partial charge in [-0.1, -0.05) is 24.3 Å². The van der Waals surface area contributed by atoms with E-state index in [-0.39, 0.29) is 6.04 Å². The van der Waals surface area contributed by atoms with Gasteiger partial charge in [-0.2, -0.15) is 0 Å². The standard InChI is InChI=1S/C17H16N2OS/c1-11-6-7-13-15(10-11)19(17(21)18-13)14-8-9-20-16-5-3-2-4-12(14)16/h2-7,10,14H,8-9H2,1H3,(H,18,21). The Morgan fingerprint density at radius 1 is 1.24 bits per heavy atom. The smallest absolute Gasteiger partial charge is 0.178 e. The van der Waals surface area contributed by atoms with Crippen molar-refractivity contribution >= 4 is 23.3 Å². The Morgan fingerprint density at radius 2 is 2.10 bits per heavy atom. The van der Waals surface area contributed by atoms with E-state index >= 15 is 0 Å². The van der Waals surface area contributed by atoms with Crippen molar-refractivity contribution in [3.8, 4) is 5.75 Å². The molecule has 0 radical (unpaired) electrons. The van der Waals surface area contributed by atoms with E-state index < -0.39 is 0 Å². The van der Waals surface area contributed by atoms with Gasteiger partial charge in [0.15, 0.2) is 4.77 Å². The van der Waals surface area contributed by atoms with Gasteiger partial charge in [-0.3, -0.25) is 0 Å². The summed E-state index contributed by atoms with van der Waals surface area (Å²) in [4.78, 5) is 3.32. The molecule has 3 nitrogen and oxygen atoms in total. The van der Waals surface area contributed by atoms with E-state index in [0.29, 0.717) is 0 Å². The van der Waals surface area contributed by atoms with Crippen LogP contribution in [0.4, 0.5) is 0 Å². The number of imidazole rings is 1. The molecule has 2 heterocycles. The van der Waals surface area contributed by atoms with Crippen LogP contribution >= 0.6 is 12.2 Å². The van der Waals surface area contributed by atoms with Crippen molar-refractivity contribution in [2.45, 2.75) is 19.4 Å². The van der Waals surface area contributed by atoms with Crippen LogP contribution < -0.4 is 4.74 Å². The van der Waals surface area contributed by atoms with Gasteiger partial charge in [0.1, 0.15) is 5.75 Å². The molecule has 4 heteroatoms. The maximum Gasteiger partial charge on any atom is 0.178 e. The third-order valence-electron chi connectivity index (χ3n) is 4.11. The molecule has 0 fully saturated rings. The molecule has 0 bridgehead atoms. The average Bonchev–Trinajstić information content (AvgIpc) is 2.82. The van der Waals surface area contributed by atoms with Crippen molar-refractivity contribution in [1.82, 2.24) is 9.55 Å². The normalized spacial score (nSPS) is 17.5. The van der Waals surface area contributed by atoms with Crippen LogP contribution in [0.2, 0.25) is 0 Å². The number of fused-ring (bicyclic) bond motifs is 2. The van der Waals surface area contributed by atoms with Crippen molar-refractivity contribution in [2.75, 3.05) is 6.61 Å². The van der Waals surface area contributed by atoms with Crippen LogP contribution in [0.15, 0.2) is 42.5 Å². The molecule has 2 aromatic carbocycles. The van der Waals surface area contributed by atoms with E-state index in [4.69, 9.17) is 17.0 Å². The topological polar surface area (TPSA) is 29.9 Å². The number of aromatic nitrogens is 2. The largest absolute Gasteiger partial charge is 0.493 e. The lowest BCUT2D eigenvalue weighted by molar-refractivity contribution is 0.257. The van der Waals surface area contributed by atoms with E-state index in [1.165, 1.54) is 16.6 Å². The summed E-state index contributed by atoms with van der Waals surface area (Å²) in [5.41, 5.74) is 4.71. The van der Waals surface area contributed by atoms with Crippen molar-refractivity contribution in [3.63, 3.8) is 0 Å². The zero-order chi connectivity index (χ0) is 14.4. The summed E-state index contributed by atoms with van der Waals surface area (Å²) in [6, 6.07) is 14.9. The Balaban J connectivity index is 1.98. The van der Waals surface area contributed by atoms with Crippen molar-refractivity contribution in [1.29, 1.82) is 0 Å². The summed E-state index contributed by atoms with van der Waals surface area (Å²) >= 11 is 5.57. The van der Waals surface area contributed by atoms with Gasteiger partial charge >= 0.3 is 0 Å². The van der Waals surface area contributed by atoms with Gasteiger partial charge < -0.3 is 14.3 Å². The number of aromatic amines is 1. The van der Waals surface area contributed by atoms with Crippen LogP contribution in [0.1, 0.15) is 23.6 Å². The molecular weight excluding hydrogens is 280 g/mol. The molecule has 1 unspecified atom stereocenters. The van der Waals surface area contributed by atoms with Gasteiger partial charge in [0.2, 0.25) is 0 Å². The highest BCUT2D eigenvalue weighted by Gasteiger charge is 2.24. The lowest BCUT2D eigenvalue weighted by Crippen LogP contribution is -2.20. The molecule has 21 heavy (non-hydrogen) atoms. The second kappa shape index (κ2) is 4.74. The molecule has 1 aliphatic heterocycles. The molecule has 106 valence electrons. The van der Waals surface area contributed by atoms with Crippen LogP contribution in [0.3, 0.4) is 0 Å². The lowest BCUT2D eigenvalue weighted by atomic mass is 10.00. The number of aryl methyl sites for hydroxylation is 1. The van der Waals surface area contributed by atoms with Crippen LogP contribution in [-0.2, 0) is 0 Å². The predicted octanol–water partition coefficient (Wildman–Crippen LogP) is 4.38. The summed E-state index contributed by atoms with van der Waals surface area (Å²) in [6.45, 7) is 2.83. The molecule has 4 rings (SSSR count). The number of nitrogens with zero attached hydrogens (tertiary/aromatic N) is 1. The summed E-state index contributed by atoms with van der Waals surface area (Å²) in [5.74, 6) is 0.970. The van der Waals surface area contributed by atoms with E-state index in [9.17, 15) is 0 Å². The van der Waals surface area contributed by atoms with E-state index in [2.05, 4.69) is 46.8 Å². The molecular formula is C17H16N2OS. The first-order chi connectivity index (χ1) is 10.2. The highest BCUT2D eigenvalue weighted by Crippen LogP contribution is 2.36. The number of H-pyrrole nitrogens is 1. The highest BCUT2D eigenvalue weighted by molar-refractivity contribution is 7.71. The number of hydrogen-bond donors (Lipinski definition) is 1. The minimum atomic E-state index is 0.234. The Labute approximate surface area is 128 Å². The Hall–Kier alpha value is -2.07. The molecule has 1 aromatic heterocycles. The van der Waals surface area contributed by atoms with Gasteiger partial charge in [-0.15, -0.1) is 0 Å². The minimum Gasteiger partial charge on any atom is -0.493 e. The van der Waals surface area contributed by atoms with Crippen molar-refractivity contribution in [2.24, 2.45) is 0 Å². The predicted molar refractivity (Wildman–Crippen MR) is 86.6 cm³/mol. The molecule has 0 aliphatic carbocycles. The first kappa shape index (κ1) is 12.7. The molecule has 1 atom stereocenters. The van der Waals surface area contributed by atoms with E-state index in [1.807, 2.05) is 12.1 Å². The summed E-state index contributed by atoms with van der Waals surface area (Å²) in [5, 5.41) is 0. The van der Waals surface area contributed by atoms with Crippen LogP contribution in [0, 0.1) is 11.7 Å². The lowest BCUT2D eigenvalue weighted by Gasteiger charge is -2.27. The van der Waals surface area contributed by atoms with E-state index in [0.717, 1.165) is 29.1 Å². The number of para-hydroxylation sites is 1. The van der Waals surface area contributed by atoms with Gasteiger partial charge in [-0.25, -0.2) is 0 Å². The molecule has 1 N–H and O–H groups in total. The fourth-order valence-electron chi connectivity index (χ4n) is 3.13. The number of nitrogens with one attached hydrogen (secondary N) is 1. The number of hydrogen-bond acceptors (Lipinski definition) is 2.